The zero-order valence-corrected chi connectivity index (χ0v) is 14.4. The number of rotatable bonds is 4. The van der Waals surface area contributed by atoms with Crippen LogP contribution in [0.5, 0.6) is 0 Å². The van der Waals surface area contributed by atoms with Crippen molar-refractivity contribution in [2.45, 2.75) is 13.0 Å². The Hall–Kier alpha value is -3.55. The second-order valence-electron chi connectivity index (χ2n) is 5.74. The van der Waals surface area contributed by atoms with E-state index in [1.165, 1.54) is 4.80 Å². The molecule has 3 aromatic rings. The van der Waals surface area contributed by atoms with Crippen LogP contribution in [0.1, 0.15) is 18.5 Å². The van der Waals surface area contributed by atoms with E-state index >= 15 is 0 Å². The summed E-state index contributed by atoms with van der Waals surface area (Å²) < 4.78 is 0. The quantitative estimate of drug-likeness (QED) is 0.697. The number of hydrogen-bond donors (Lipinski definition) is 2. The van der Waals surface area contributed by atoms with Crippen molar-refractivity contribution in [1.82, 2.24) is 25.5 Å². The Bertz CT molecular complexity index is 905. The molecule has 8 heteroatoms. The monoisotopic (exact) mass is 350 g/mol. The summed E-state index contributed by atoms with van der Waals surface area (Å²) in [5.74, 6) is -0.931. The van der Waals surface area contributed by atoms with E-state index in [0.29, 0.717) is 11.5 Å². The number of aromatic nitrogens is 4. The van der Waals surface area contributed by atoms with Crippen LogP contribution in [0.2, 0.25) is 0 Å². The molecule has 1 aromatic heterocycles. The summed E-state index contributed by atoms with van der Waals surface area (Å²) in [7, 11) is 1.68. The van der Waals surface area contributed by atoms with E-state index in [2.05, 4.69) is 26.0 Å². The zero-order chi connectivity index (χ0) is 18.5. The van der Waals surface area contributed by atoms with Crippen LogP contribution in [-0.2, 0) is 16.6 Å². The Morgan fingerprint density at radius 3 is 2.31 bits per heavy atom. The summed E-state index contributed by atoms with van der Waals surface area (Å²) in [6, 6.07) is 16.0. The minimum atomic E-state index is -0.724. The van der Waals surface area contributed by atoms with Gasteiger partial charge in [-0.3, -0.25) is 9.59 Å². The van der Waals surface area contributed by atoms with Gasteiger partial charge in [-0.1, -0.05) is 30.3 Å². The van der Waals surface area contributed by atoms with Gasteiger partial charge in [0.2, 0.25) is 5.82 Å². The maximum Gasteiger partial charge on any atom is 0.313 e. The first-order valence-corrected chi connectivity index (χ1v) is 8.04. The van der Waals surface area contributed by atoms with Crippen LogP contribution in [0, 0.1) is 0 Å². The number of nitrogens with zero attached hydrogens (tertiary/aromatic N) is 4. The molecule has 1 heterocycles. The molecule has 132 valence electrons. The number of carbonyl (C=O) groups excluding carboxylic acids is 2. The van der Waals surface area contributed by atoms with Crippen LogP contribution in [0.25, 0.3) is 11.4 Å². The molecule has 0 fully saturated rings. The summed E-state index contributed by atoms with van der Waals surface area (Å²) in [5.41, 5.74) is 2.19. The van der Waals surface area contributed by atoms with Gasteiger partial charge in [0.15, 0.2) is 0 Å². The molecular formula is C18H18N6O2. The van der Waals surface area contributed by atoms with Gasteiger partial charge in [0.1, 0.15) is 0 Å². The minimum absolute atomic E-state index is 0.264. The molecule has 0 aliphatic heterocycles. The molecule has 0 saturated heterocycles. The number of tetrazole rings is 1. The number of nitrogens with one attached hydrogen (secondary N) is 2. The lowest BCUT2D eigenvalue weighted by atomic mass is 10.1. The number of amides is 2. The molecule has 1 atom stereocenters. The molecule has 8 nitrogen and oxygen atoms in total. The van der Waals surface area contributed by atoms with Gasteiger partial charge in [-0.2, -0.15) is 4.80 Å². The van der Waals surface area contributed by atoms with Crippen molar-refractivity contribution in [1.29, 1.82) is 0 Å². The Morgan fingerprint density at radius 1 is 1.00 bits per heavy atom. The van der Waals surface area contributed by atoms with Crippen LogP contribution in [0.15, 0.2) is 54.6 Å². The molecule has 3 rings (SSSR count). The van der Waals surface area contributed by atoms with Crippen molar-refractivity contribution in [3.8, 4) is 11.4 Å². The average molecular weight is 350 g/mol. The van der Waals surface area contributed by atoms with Crippen molar-refractivity contribution >= 4 is 17.5 Å². The molecular weight excluding hydrogens is 332 g/mol. The Kier molecular flexibility index (Phi) is 5.02. The summed E-state index contributed by atoms with van der Waals surface area (Å²) in [6.45, 7) is 1.82. The van der Waals surface area contributed by atoms with Crippen LogP contribution >= 0.6 is 0 Å². The number of benzene rings is 2. The topological polar surface area (TPSA) is 102 Å². The van der Waals surface area contributed by atoms with E-state index in [1.54, 1.807) is 31.3 Å². The van der Waals surface area contributed by atoms with Crippen LogP contribution in [0.4, 0.5) is 5.69 Å². The largest absolute Gasteiger partial charge is 0.341 e. The van der Waals surface area contributed by atoms with Gasteiger partial charge in [0.25, 0.3) is 0 Å². The smallest absolute Gasteiger partial charge is 0.313 e. The first kappa shape index (κ1) is 17.3. The minimum Gasteiger partial charge on any atom is -0.341 e. The van der Waals surface area contributed by atoms with Crippen molar-refractivity contribution in [3.05, 3.63) is 60.2 Å². The van der Waals surface area contributed by atoms with Gasteiger partial charge in [0.05, 0.1) is 13.1 Å². The van der Waals surface area contributed by atoms with Crippen molar-refractivity contribution in [3.63, 3.8) is 0 Å². The molecule has 26 heavy (non-hydrogen) atoms. The second-order valence-corrected chi connectivity index (χ2v) is 5.74. The highest BCUT2D eigenvalue weighted by atomic mass is 16.2. The maximum absolute atomic E-state index is 12.1. The van der Waals surface area contributed by atoms with E-state index in [-0.39, 0.29) is 6.04 Å². The fourth-order valence-electron chi connectivity index (χ4n) is 2.38. The van der Waals surface area contributed by atoms with E-state index < -0.39 is 11.8 Å². The van der Waals surface area contributed by atoms with Gasteiger partial charge >= 0.3 is 11.8 Å². The molecule has 2 amide bonds. The molecule has 1 unspecified atom stereocenters. The number of anilines is 1. The molecule has 0 radical (unpaired) electrons. The lowest BCUT2D eigenvalue weighted by Gasteiger charge is -2.14. The van der Waals surface area contributed by atoms with Crippen molar-refractivity contribution in [2.24, 2.45) is 7.05 Å². The maximum atomic E-state index is 12.1. The lowest BCUT2D eigenvalue weighted by molar-refractivity contribution is -0.136. The Labute approximate surface area is 150 Å². The molecule has 2 aromatic carbocycles. The molecule has 0 aliphatic rings. The number of hydrogen-bond acceptors (Lipinski definition) is 5. The van der Waals surface area contributed by atoms with Gasteiger partial charge in [-0.25, -0.2) is 0 Å². The fraction of sp³-hybridized carbons (Fsp3) is 0.167. The second kappa shape index (κ2) is 7.56. The normalized spacial score (nSPS) is 11.6. The predicted molar refractivity (Wildman–Crippen MR) is 95.9 cm³/mol. The van der Waals surface area contributed by atoms with E-state index in [9.17, 15) is 9.59 Å². The van der Waals surface area contributed by atoms with Gasteiger partial charge in [0, 0.05) is 11.3 Å². The molecule has 0 saturated carbocycles. The highest BCUT2D eigenvalue weighted by molar-refractivity contribution is 6.39. The number of carbonyl (C=O) groups is 2. The summed E-state index contributed by atoms with van der Waals surface area (Å²) >= 11 is 0. The first-order chi connectivity index (χ1) is 12.5. The van der Waals surface area contributed by atoms with E-state index in [1.807, 2.05) is 37.3 Å². The van der Waals surface area contributed by atoms with Gasteiger partial charge in [-0.15, -0.1) is 10.2 Å². The summed E-state index contributed by atoms with van der Waals surface area (Å²) in [4.78, 5) is 25.5. The summed E-state index contributed by atoms with van der Waals surface area (Å²) in [5, 5.41) is 17.0. The van der Waals surface area contributed by atoms with E-state index in [4.69, 9.17) is 0 Å². The highest BCUT2D eigenvalue weighted by Crippen LogP contribution is 2.17. The molecule has 0 bridgehead atoms. The standard InChI is InChI=1S/C18H18N6O2/c1-12(13-6-4-3-5-7-13)19-17(25)18(26)20-15-10-8-14(9-11-15)16-21-23-24(2)22-16/h3-12H,1-2H3,(H,19,25)(H,20,26). The zero-order valence-electron chi connectivity index (χ0n) is 14.4. The van der Waals surface area contributed by atoms with Gasteiger partial charge < -0.3 is 10.6 Å². The number of aryl methyl sites for hydroxylation is 1. The lowest BCUT2D eigenvalue weighted by Crippen LogP contribution is -2.36. The Balaban J connectivity index is 1.59. The molecule has 0 spiro atoms. The summed E-state index contributed by atoms with van der Waals surface area (Å²) in [6.07, 6.45) is 0. The third-order valence-corrected chi connectivity index (χ3v) is 3.76. The van der Waals surface area contributed by atoms with Crippen LogP contribution in [-0.4, -0.2) is 32.0 Å². The van der Waals surface area contributed by atoms with Crippen LogP contribution < -0.4 is 10.6 Å². The van der Waals surface area contributed by atoms with Crippen molar-refractivity contribution in [2.75, 3.05) is 5.32 Å². The first-order valence-electron chi connectivity index (χ1n) is 8.04. The third-order valence-electron chi connectivity index (χ3n) is 3.76. The van der Waals surface area contributed by atoms with Crippen LogP contribution in [0.3, 0.4) is 0 Å². The SMILES string of the molecule is CC(NC(=O)C(=O)Nc1ccc(-c2nnn(C)n2)cc1)c1ccccc1. The molecule has 0 aliphatic carbocycles. The average Bonchev–Trinajstić information content (AvgIpc) is 3.09. The predicted octanol–water partition coefficient (Wildman–Crippen LogP) is 1.69. The van der Waals surface area contributed by atoms with Gasteiger partial charge in [-0.05, 0) is 42.0 Å². The highest BCUT2D eigenvalue weighted by Gasteiger charge is 2.17. The van der Waals surface area contributed by atoms with Crippen molar-refractivity contribution < 1.29 is 9.59 Å². The Morgan fingerprint density at radius 2 is 1.69 bits per heavy atom. The third kappa shape index (κ3) is 4.10. The molecule has 2 N–H and O–H groups in total. The fourth-order valence-corrected chi connectivity index (χ4v) is 2.38. The van der Waals surface area contributed by atoms with E-state index in [0.717, 1.165) is 11.1 Å².